The first kappa shape index (κ1) is 22.2. The van der Waals surface area contributed by atoms with Crippen LogP contribution in [0.3, 0.4) is 0 Å². The highest BCUT2D eigenvalue weighted by atomic mass is 16.5. The van der Waals surface area contributed by atoms with Crippen molar-refractivity contribution in [1.82, 2.24) is 19.9 Å². The Morgan fingerprint density at radius 1 is 1.06 bits per heavy atom. The highest BCUT2D eigenvalue weighted by Crippen LogP contribution is 2.24. The van der Waals surface area contributed by atoms with Gasteiger partial charge in [-0.1, -0.05) is 47.1 Å². The molecule has 0 radical (unpaired) electrons. The summed E-state index contributed by atoms with van der Waals surface area (Å²) in [5, 5.41) is 7.22. The van der Waals surface area contributed by atoms with Crippen molar-refractivity contribution in [2.24, 2.45) is 0 Å². The molecule has 0 spiro atoms. The van der Waals surface area contributed by atoms with Crippen molar-refractivity contribution in [3.63, 3.8) is 0 Å². The molecule has 2 aromatic carbocycles. The Morgan fingerprint density at radius 2 is 1.78 bits per heavy atom. The van der Waals surface area contributed by atoms with Crippen LogP contribution < -0.4 is 5.32 Å². The third-order valence-corrected chi connectivity index (χ3v) is 6.31. The second-order valence-corrected chi connectivity index (χ2v) is 8.61. The van der Waals surface area contributed by atoms with Crippen LogP contribution in [0.5, 0.6) is 0 Å². The maximum absolute atomic E-state index is 12.5. The maximum Gasteiger partial charge on any atom is 0.244 e. The van der Waals surface area contributed by atoms with E-state index < -0.39 is 0 Å². The van der Waals surface area contributed by atoms with Gasteiger partial charge in [0, 0.05) is 37.4 Å². The van der Waals surface area contributed by atoms with E-state index in [9.17, 15) is 4.79 Å². The molecule has 32 heavy (non-hydrogen) atoms. The number of nitrogens with zero attached hydrogens (tertiary/aromatic N) is 4. The summed E-state index contributed by atoms with van der Waals surface area (Å²) in [6, 6.07) is 14.1. The minimum Gasteiger partial charge on any atom is -0.337 e. The molecule has 0 saturated carbocycles. The van der Waals surface area contributed by atoms with E-state index in [-0.39, 0.29) is 11.9 Å². The number of hydrogen-bond donors (Lipinski definition) is 1. The Hall–Kier alpha value is -3.03. The monoisotopic (exact) mass is 433 g/mol. The van der Waals surface area contributed by atoms with Gasteiger partial charge in [0.1, 0.15) is 0 Å². The smallest absolute Gasteiger partial charge is 0.244 e. The summed E-state index contributed by atoms with van der Waals surface area (Å²) in [5.74, 6) is 1.27. The lowest BCUT2D eigenvalue weighted by Gasteiger charge is -2.36. The summed E-state index contributed by atoms with van der Waals surface area (Å²) in [6.07, 6.45) is 0. The molecule has 0 bridgehead atoms. The zero-order valence-electron chi connectivity index (χ0n) is 19.3. The maximum atomic E-state index is 12.5. The molecule has 1 fully saturated rings. The largest absolute Gasteiger partial charge is 0.337 e. The van der Waals surface area contributed by atoms with Gasteiger partial charge in [-0.15, -0.1) is 0 Å². The molecule has 1 saturated heterocycles. The molecule has 4 rings (SSSR count). The van der Waals surface area contributed by atoms with Crippen molar-refractivity contribution < 1.29 is 9.32 Å². The van der Waals surface area contributed by atoms with E-state index in [1.165, 1.54) is 11.1 Å². The van der Waals surface area contributed by atoms with Crippen LogP contribution in [0.25, 0.3) is 11.4 Å². The standard InChI is InChI=1S/C25H31N5O2/c1-17-8-10-21(11-9-17)24-27-25(32-28-24)20(4)30-14-12-29(13-15-30)16-23(31)26-22-7-5-6-18(2)19(22)3/h5-11,20H,12-16H2,1-4H3,(H,26,31). The number of rotatable bonds is 6. The SMILES string of the molecule is Cc1ccc(-c2noc(C(C)N3CCN(CC(=O)Nc4cccc(C)c4C)CC3)n2)cc1. The highest BCUT2D eigenvalue weighted by molar-refractivity contribution is 5.93. The topological polar surface area (TPSA) is 74.5 Å². The van der Waals surface area contributed by atoms with Gasteiger partial charge in [0.2, 0.25) is 17.6 Å². The van der Waals surface area contributed by atoms with E-state index in [1.54, 1.807) is 0 Å². The average Bonchev–Trinajstić information content (AvgIpc) is 3.28. The van der Waals surface area contributed by atoms with Crippen LogP contribution in [0.15, 0.2) is 47.0 Å². The van der Waals surface area contributed by atoms with Crippen molar-refractivity contribution >= 4 is 11.6 Å². The Labute approximate surface area is 189 Å². The Bertz CT molecular complexity index is 1070. The number of anilines is 1. The summed E-state index contributed by atoms with van der Waals surface area (Å²) in [5.41, 5.74) is 5.34. The molecular weight excluding hydrogens is 402 g/mol. The van der Waals surface area contributed by atoms with Gasteiger partial charge < -0.3 is 9.84 Å². The molecule has 1 aromatic heterocycles. The molecule has 2 heterocycles. The molecule has 168 valence electrons. The molecule has 7 nitrogen and oxygen atoms in total. The van der Waals surface area contributed by atoms with Gasteiger partial charge in [-0.2, -0.15) is 4.98 Å². The van der Waals surface area contributed by atoms with E-state index in [1.807, 2.05) is 43.3 Å². The molecule has 7 heteroatoms. The van der Waals surface area contributed by atoms with Gasteiger partial charge in [0.15, 0.2) is 0 Å². The molecule has 1 atom stereocenters. The third kappa shape index (κ3) is 5.06. The zero-order chi connectivity index (χ0) is 22.7. The number of piperazine rings is 1. The Kier molecular flexibility index (Phi) is 6.67. The number of amides is 1. The van der Waals surface area contributed by atoms with Crippen LogP contribution in [0.4, 0.5) is 5.69 Å². The highest BCUT2D eigenvalue weighted by Gasteiger charge is 2.26. The summed E-state index contributed by atoms with van der Waals surface area (Å²) in [4.78, 5) is 21.7. The first-order valence-electron chi connectivity index (χ1n) is 11.1. The lowest BCUT2D eigenvalue weighted by atomic mass is 10.1. The van der Waals surface area contributed by atoms with Gasteiger partial charge in [0.25, 0.3) is 0 Å². The molecule has 0 aliphatic carbocycles. The zero-order valence-corrected chi connectivity index (χ0v) is 19.3. The number of carbonyl (C=O) groups is 1. The predicted molar refractivity (Wildman–Crippen MR) is 125 cm³/mol. The summed E-state index contributed by atoms with van der Waals surface area (Å²) >= 11 is 0. The minimum absolute atomic E-state index is 0.0276. The van der Waals surface area contributed by atoms with E-state index in [0.717, 1.165) is 43.0 Å². The Balaban J connectivity index is 1.29. The van der Waals surface area contributed by atoms with Crippen LogP contribution in [-0.4, -0.2) is 58.6 Å². The van der Waals surface area contributed by atoms with Gasteiger partial charge in [-0.3, -0.25) is 14.6 Å². The van der Waals surface area contributed by atoms with Crippen molar-refractivity contribution in [2.75, 3.05) is 38.0 Å². The molecule has 3 aromatic rings. The Morgan fingerprint density at radius 3 is 2.50 bits per heavy atom. The summed E-state index contributed by atoms with van der Waals surface area (Å²) in [7, 11) is 0. The fraction of sp³-hybridized carbons (Fsp3) is 0.400. The van der Waals surface area contributed by atoms with Crippen molar-refractivity contribution in [1.29, 1.82) is 0 Å². The first-order chi connectivity index (χ1) is 15.4. The molecular formula is C25H31N5O2. The lowest BCUT2D eigenvalue weighted by molar-refractivity contribution is -0.117. The fourth-order valence-electron chi connectivity index (χ4n) is 3.97. The molecule has 1 aliphatic heterocycles. The van der Waals surface area contributed by atoms with E-state index >= 15 is 0 Å². The lowest BCUT2D eigenvalue weighted by Crippen LogP contribution is -2.49. The van der Waals surface area contributed by atoms with Gasteiger partial charge in [-0.25, -0.2) is 0 Å². The quantitative estimate of drug-likeness (QED) is 0.634. The third-order valence-electron chi connectivity index (χ3n) is 6.31. The van der Waals surface area contributed by atoms with Crippen LogP contribution in [0, 0.1) is 20.8 Å². The molecule has 1 aliphatic rings. The predicted octanol–water partition coefficient (Wildman–Crippen LogP) is 3.98. The van der Waals surface area contributed by atoms with Gasteiger partial charge in [0.05, 0.1) is 12.6 Å². The van der Waals surface area contributed by atoms with E-state index in [0.29, 0.717) is 18.3 Å². The number of benzene rings is 2. The first-order valence-corrected chi connectivity index (χ1v) is 11.1. The second kappa shape index (κ2) is 9.63. The fourth-order valence-corrected chi connectivity index (χ4v) is 3.97. The molecule has 1 amide bonds. The van der Waals surface area contributed by atoms with Crippen LogP contribution in [0.1, 0.15) is 35.5 Å². The minimum atomic E-state index is 0.0276. The normalized spacial score (nSPS) is 16.1. The number of aromatic nitrogens is 2. The van der Waals surface area contributed by atoms with Gasteiger partial charge in [-0.05, 0) is 44.9 Å². The second-order valence-electron chi connectivity index (χ2n) is 8.61. The molecule has 1 unspecified atom stereocenters. The number of hydrogen-bond acceptors (Lipinski definition) is 6. The van der Waals surface area contributed by atoms with E-state index in [4.69, 9.17) is 4.52 Å². The van der Waals surface area contributed by atoms with E-state index in [2.05, 4.69) is 52.1 Å². The van der Waals surface area contributed by atoms with Crippen molar-refractivity contribution in [2.45, 2.75) is 33.7 Å². The summed E-state index contributed by atoms with van der Waals surface area (Å²) in [6.45, 7) is 12.0. The molecule has 1 N–H and O–H groups in total. The summed E-state index contributed by atoms with van der Waals surface area (Å²) < 4.78 is 5.56. The van der Waals surface area contributed by atoms with Crippen LogP contribution in [0.2, 0.25) is 0 Å². The number of nitrogens with one attached hydrogen (secondary N) is 1. The van der Waals surface area contributed by atoms with Gasteiger partial charge >= 0.3 is 0 Å². The van der Waals surface area contributed by atoms with Crippen molar-refractivity contribution in [3.8, 4) is 11.4 Å². The number of carbonyl (C=O) groups excluding carboxylic acids is 1. The average molecular weight is 434 g/mol. The number of aryl methyl sites for hydroxylation is 2. The van der Waals surface area contributed by atoms with Crippen LogP contribution in [-0.2, 0) is 4.79 Å². The van der Waals surface area contributed by atoms with Crippen LogP contribution >= 0.6 is 0 Å². The van der Waals surface area contributed by atoms with Crippen molar-refractivity contribution in [3.05, 3.63) is 65.0 Å².